The normalized spacial score (nSPS) is 28.1. The van der Waals surface area contributed by atoms with Crippen LogP contribution in [0.3, 0.4) is 0 Å². The Morgan fingerprint density at radius 3 is 2.62 bits per heavy atom. The fourth-order valence-electron chi connectivity index (χ4n) is 4.17. The number of nitrogens with zero attached hydrogens (tertiary/aromatic N) is 1. The Balaban J connectivity index is 1.93. The Kier molecular flexibility index (Phi) is 5.28. The lowest BCUT2D eigenvalue weighted by Gasteiger charge is -2.40. The molecule has 1 saturated heterocycles. The first kappa shape index (κ1) is 18.8. The summed E-state index contributed by atoms with van der Waals surface area (Å²) in [5.74, 6) is 1.23. The highest BCUT2D eigenvalue weighted by atomic mass is 16.5. The third kappa shape index (κ3) is 3.20. The molecule has 0 bridgehead atoms. The van der Waals surface area contributed by atoms with Gasteiger partial charge in [-0.3, -0.25) is 4.79 Å². The van der Waals surface area contributed by atoms with E-state index in [0.29, 0.717) is 0 Å². The van der Waals surface area contributed by atoms with Crippen molar-refractivity contribution < 1.29 is 19.0 Å². The molecule has 2 aliphatic rings. The Morgan fingerprint density at radius 1 is 1.23 bits per heavy atom. The number of hydrogen-bond donors (Lipinski definition) is 0. The summed E-state index contributed by atoms with van der Waals surface area (Å²) in [5.41, 5.74) is 1.13. The zero-order valence-electron chi connectivity index (χ0n) is 16.3. The number of ether oxygens (including phenoxy) is 3. The van der Waals surface area contributed by atoms with Crippen molar-refractivity contribution in [3.63, 3.8) is 0 Å². The van der Waals surface area contributed by atoms with Crippen LogP contribution in [0.2, 0.25) is 0 Å². The number of esters is 1. The van der Waals surface area contributed by atoms with Crippen molar-refractivity contribution in [2.75, 3.05) is 27.8 Å². The van der Waals surface area contributed by atoms with E-state index in [4.69, 9.17) is 14.2 Å². The van der Waals surface area contributed by atoms with E-state index in [9.17, 15) is 4.79 Å². The van der Waals surface area contributed by atoms with Crippen molar-refractivity contribution in [1.82, 2.24) is 4.90 Å². The van der Waals surface area contributed by atoms with Crippen molar-refractivity contribution in [2.45, 2.75) is 44.2 Å². The minimum Gasteiger partial charge on any atom is -0.493 e. The average molecular weight is 359 g/mol. The molecule has 0 radical (unpaired) electrons. The summed E-state index contributed by atoms with van der Waals surface area (Å²) < 4.78 is 16.6. The maximum Gasteiger partial charge on any atom is 0.308 e. The molecule has 1 fully saturated rings. The lowest BCUT2D eigenvalue weighted by Crippen LogP contribution is -2.45. The fourth-order valence-corrected chi connectivity index (χ4v) is 4.17. The topological polar surface area (TPSA) is 48.0 Å². The third-order valence-corrected chi connectivity index (χ3v) is 5.73. The van der Waals surface area contributed by atoms with E-state index in [-0.39, 0.29) is 29.4 Å². The van der Waals surface area contributed by atoms with Crippen LogP contribution in [0.1, 0.15) is 32.3 Å². The Labute approximate surface area is 155 Å². The van der Waals surface area contributed by atoms with Crippen LogP contribution in [0.4, 0.5) is 0 Å². The number of methoxy groups -OCH3 is 2. The summed E-state index contributed by atoms with van der Waals surface area (Å²) in [4.78, 5) is 14.4. The standard InChI is InChI=1S/C21H29NO4/c1-14(2)20(23)26-16-8-9-21(10-11-22(3)19(21)13-16)15-6-7-17(24-4)18(12-15)25-5/h6-9,12,14,16,19H,10-11,13H2,1-5H3/t16-,19+,21+/m1/s1. The predicted octanol–water partition coefficient (Wildman–Crippen LogP) is 3.17. The van der Waals surface area contributed by atoms with Gasteiger partial charge in [0.05, 0.1) is 20.1 Å². The van der Waals surface area contributed by atoms with Gasteiger partial charge < -0.3 is 19.1 Å². The molecule has 3 rings (SSSR count). The molecule has 26 heavy (non-hydrogen) atoms. The van der Waals surface area contributed by atoms with Crippen LogP contribution in [-0.4, -0.2) is 50.8 Å². The van der Waals surface area contributed by atoms with Crippen LogP contribution in [0.25, 0.3) is 0 Å². The summed E-state index contributed by atoms with van der Waals surface area (Å²) in [6.45, 7) is 4.74. The second-order valence-electron chi connectivity index (χ2n) is 7.58. The highest BCUT2D eigenvalue weighted by Crippen LogP contribution is 2.47. The molecule has 142 valence electrons. The number of benzene rings is 1. The van der Waals surface area contributed by atoms with E-state index in [1.54, 1.807) is 14.2 Å². The number of carbonyl (C=O) groups is 1. The van der Waals surface area contributed by atoms with Gasteiger partial charge in [0, 0.05) is 17.9 Å². The molecule has 1 aromatic rings. The first-order valence-corrected chi connectivity index (χ1v) is 9.24. The molecule has 0 spiro atoms. The minimum absolute atomic E-state index is 0.0883. The van der Waals surface area contributed by atoms with Crippen molar-refractivity contribution in [3.05, 3.63) is 35.9 Å². The second-order valence-corrected chi connectivity index (χ2v) is 7.58. The van der Waals surface area contributed by atoms with Crippen LogP contribution in [0.5, 0.6) is 11.5 Å². The molecule has 1 aromatic carbocycles. The molecule has 5 nitrogen and oxygen atoms in total. The number of likely N-dealkylation sites (tertiary alicyclic amines) is 1. The van der Waals surface area contributed by atoms with Crippen LogP contribution in [0.15, 0.2) is 30.4 Å². The Hall–Kier alpha value is -2.01. The lowest BCUT2D eigenvalue weighted by atomic mass is 9.69. The van der Waals surface area contributed by atoms with Gasteiger partial charge in [-0.05, 0) is 43.8 Å². The number of rotatable bonds is 5. The molecule has 0 amide bonds. The van der Waals surface area contributed by atoms with Crippen molar-refractivity contribution in [2.24, 2.45) is 5.92 Å². The first-order valence-electron chi connectivity index (χ1n) is 9.24. The first-order chi connectivity index (χ1) is 12.4. The summed E-state index contributed by atoms with van der Waals surface area (Å²) >= 11 is 0. The van der Waals surface area contributed by atoms with Crippen LogP contribution < -0.4 is 9.47 Å². The van der Waals surface area contributed by atoms with E-state index in [1.165, 1.54) is 5.56 Å². The van der Waals surface area contributed by atoms with Crippen LogP contribution in [0, 0.1) is 5.92 Å². The van der Waals surface area contributed by atoms with Gasteiger partial charge >= 0.3 is 5.97 Å². The maximum absolute atomic E-state index is 12.0. The van der Waals surface area contributed by atoms with Crippen LogP contribution >= 0.6 is 0 Å². The Morgan fingerprint density at radius 2 is 1.96 bits per heavy atom. The molecule has 0 aromatic heterocycles. The van der Waals surface area contributed by atoms with E-state index in [1.807, 2.05) is 19.9 Å². The number of likely N-dealkylation sites (N-methyl/N-ethyl adjacent to an activating group) is 1. The summed E-state index contributed by atoms with van der Waals surface area (Å²) in [6, 6.07) is 6.46. The van der Waals surface area contributed by atoms with E-state index >= 15 is 0 Å². The monoisotopic (exact) mass is 359 g/mol. The second kappa shape index (κ2) is 7.31. The van der Waals surface area contributed by atoms with Gasteiger partial charge in [-0.25, -0.2) is 0 Å². The van der Waals surface area contributed by atoms with Gasteiger partial charge in [0.2, 0.25) is 0 Å². The van der Waals surface area contributed by atoms with E-state index in [0.717, 1.165) is 30.9 Å². The van der Waals surface area contributed by atoms with Gasteiger partial charge in [0.1, 0.15) is 6.10 Å². The van der Waals surface area contributed by atoms with E-state index < -0.39 is 0 Å². The largest absolute Gasteiger partial charge is 0.493 e. The minimum atomic E-state index is -0.163. The molecule has 1 heterocycles. The lowest BCUT2D eigenvalue weighted by molar-refractivity contribution is -0.151. The molecule has 0 saturated carbocycles. The van der Waals surface area contributed by atoms with Gasteiger partial charge in [-0.15, -0.1) is 0 Å². The van der Waals surface area contributed by atoms with Crippen molar-refractivity contribution in [3.8, 4) is 11.5 Å². The van der Waals surface area contributed by atoms with Gasteiger partial charge in [0.25, 0.3) is 0 Å². The van der Waals surface area contributed by atoms with Gasteiger partial charge in [-0.1, -0.05) is 26.0 Å². The van der Waals surface area contributed by atoms with E-state index in [2.05, 4.69) is 36.2 Å². The SMILES string of the molecule is COc1ccc([C@@]23C=C[C@@H](OC(=O)C(C)C)C[C@@H]2N(C)CC3)cc1OC. The summed E-state index contributed by atoms with van der Waals surface area (Å²) in [6.07, 6.45) is 5.98. The zero-order chi connectivity index (χ0) is 18.9. The molecular formula is C21H29NO4. The molecule has 5 heteroatoms. The van der Waals surface area contributed by atoms with Gasteiger partial charge in [0.15, 0.2) is 11.5 Å². The highest BCUT2D eigenvalue weighted by molar-refractivity contribution is 5.72. The average Bonchev–Trinajstić information content (AvgIpc) is 2.98. The number of hydrogen-bond acceptors (Lipinski definition) is 5. The number of fused-ring (bicyclic) bond motifs is 1. The smallest absolute Gasteiger partial charge is 0.308 e. The third-order valence-electron chi connectivity index (χ3n) is 5.73. The van der Waals surface area contributed by atoms with Gasteiger partial charge in [-0.2, -0.15) is 0 Å². The summed E-state index contributed by atoms with van der Waals surface area (Å²) in [5, 5.41) is 0. The molecule has 1 aliphatic heterocycles. The molecular weight excluding hydrogens is 330 g/mol. The molecule has 0 unspecified atom stereocenters. The molecule has 0 N–H and O–H groups in total. The quantitative estimate of drug-likeness (QED) is 0.597. The fraction of sp³-hybridized carbons (Fsp3) is 0.571. The molecule has 1 aliphatic carbocycles. The molecule has 3 atom stereocenters. The van der Waals surface area contributed by atoms with Crippen LogP contribution in [-0.2, 0) is 14.9 Å². The highest BCUT2D eigenvalue weighted by Gasteiger charge is 2.48. The summed E-state index contributed by atoms with van der Waals surface area (Å²) in [7, 11) is 5.46. The van der Waals surface area contributed by atoms with Crippen molar-refractivity contribution >= 4 is 5.97 Å². The maximum atomic E-state index is 12.0. The van der Waals surface area contributed by atoms with Crippen molar-refractivity contribution in [1.29, 1.82) is 0 Å². The Bertz CT molecular complexity index is 699. The predicted molar refractivity (Wildman–Crippen MR) is 101 cm³/mol. The number of carbonyl (C=O) groups excluding carboxylic acids is 1. The zero-order valence-corrected chi connectivity index (χ0v) is 16.3.